The number of fused-ring (bicyclic) bond motifs is 2. The number of hydrogen-bond donors (Lipinski definition) is 0. The largest absolute Gasteiger partial charge is 0.486 e. The van der Waals surface area contributed by atoms with Crippen LogP contribution in [-0.4, -0.2) is 54.8 Å². The fourth-order valence-electron chi connectivity index (χ4n) is 3.18. The first-order valence-electron chi connectivity index (χ1n) is 9.04. The molecule has 0 aliphatic carbocycles. The van der Waals surface area contributed by atoms with Crippen molar-refractivity contribution in [1.29, 1.82) is 0 Å². The Kier molecular flexibility index (Phi) is 4.99. The number of benzene rings is 2. The van der Waals surface area contributed by atoms with Gasteiger partial charge in [0.1, 0.15) is 19.8 Å². The highest BCUT2D eigenvalue weighted by atomic mass is 16.6. The van der Waals surface area contributed by atoms with Crippen LogP contribution in [0.3, 0.4) is 0 Å². The van der Waals surface area contributed by atoms with Gasteiger partial charge in [0.15, 0.2) is 23.9 Å². The molecule has 148 valence electrons. The SMILES string of the molecule is O=C(CN1C(=O)Cc2ccccc2C1=O)OCC(=O)c1ccc2c(c1)OCCO2. The van der Waals surface area contributed by atoms with Crippen molar-refractivity contribution in [1.82, 2.24) is 4.90 Å². The van der Waals surface area contributed by atoms with E-state index in [4.69, 9.17) is 14.2 Å². The maximum Gasteiger partial charge on any atom is 0.326 e. The van der Waals surface area contributed by atoms with Crippen molar-refractivity contribution in [2.45, 2.75) is 6.42 Å². The number of carbonyl (C=O) groups excluding carboxylic acids is 4. The van der Waals surface area contributed by atoms with E-state index in [-0.39, 0.29) is 6.42 Å². The van der Waals surface area contributed by atoms with Crippen LogP contribution in [0.1, 0.15) is 26.3 Å². The Hall–Kier alpha value is -3.68. The van der Waals surface area contributed by atoms with E-state index in [0.29, 0.717) is 41.4 Å². The van der Waals surface area contributed by atoms with Crippen molar-refractivity contribution in [3.8, 4) is 11.5 Å². The maximum absolute atomic E-state index is 12.5. The predicted octanol–water partition coefficient (Wildman–Crippen LogP) is 1.41. The third kappa shape index (κ3) is 3.82. The molecule has 0 saturated heterocycles. The fourth-order valence-corrected chi connectivity index (χ4v) is 3.18. The van der Waals surface area contributed by atoms with Gasteiger partial charge in [0.05, 0.1) is 6.42 Å². The van der Waals surface area contributed by atoms with Crippen LogP contribution in [0.25, 0.3) is 0 Å². The Morgan fingerprint density at radius 2 is 1.76 bits per heavy atom. The lowest BCUT2D eigenvalue weighted by molar-refractivity contribution is -0.146. The van der Waals surface area contributed by atoms with E-state index in [1.807, 2.05) is 0 Å². The van der Waals surface area contributed by atoms with Crippen molar-refractivity contribution < 1.29 is 33.4 Å². The molecule has 0 fully saturated rings. The van der Waals surface area contributed by atoms with Crippen LogP contribution in [0.15, 0.2) is 42.5 Å². The van der Waals surface area contributed by atoms with Crippen molar-refractivity contribution >= 4 is 23.6 Å². The summed E-state index contributed by atoms with van der Waals surface area (Å²) in [4.78, 5) is 49.9. The van der Waals surface area contributed by atoms with Gasteiger partial charge < -0.3 is 14.2 Å². The van der Waals surface area contributed by atoms with Gasteiger partial charge in [-0.2, -0.15) is 0 Å². The fraction of sp³-hybridized carbons (Fsp3) is 0.238. The molecule has 0 N–H and O–H groups in total. The second kappa shape index (κ2) is 7.75. The minimum absolute atomic E-state index is 0.0331. The van der Waals surface area contributed by atoms with E-state index >= 15 is 0 Å². The topological polar surface area (TPSA) is 99.2 Å². The van der Waals surface area contributed by atoms with E-state index in [1.54, 1.807) is 36.4 Å². The number of ether oxygens (including phenoxy) is 3. The Morgan fingerprint density at radius 1 is 1.00 bits per heavy atom. The average Bonchev–Trinajstić information content (AvgIpc) is 2.74. The summed E-state index contributed by atoms with van der Waals surface area (Å²) in [6.07, 6.45) is 0.0331. The van der Waals surface area contributed by atoms with Gasteiger partial charge in [-0.1, -0.05) is 18.2 Å². The smallest absolute Gasteiger partial charge is 0.326 e. The van der Waals surface area contributed by atoms with Crippen LogP contribution in [0.5, 0.6) is 11.5 Å². The van der Waals surface area contributed by atoms with Crippen molar-refractivity contribution in [3.63, 3.8) is 0 Å². The molecule has 29 heavy (non-hydrogen) atoms. The summed E-state index contributed by atoms with van der Waals surface area (Å²) in [5.74, 6) is -1.30. The molecule has 0 aromatic heterocycles. The second-order valence-corrected chi connectivity index (χ2v) is 6.56. The molecule has 0 bridgehead atoms. The van der Waals surface area contributed by atoms with Crippen molar-refractivity contribution in [3.05, 3.63) is 59.2 Å². The number of hydrogen-bond acceptors (Lipinski definition) is 7. The second-order valence-electron chi connectivity index (χ2n) is 6.56. The summed E-state index contributed by atoms with van der Waals surface area (Å²) >= 11 is 0. The minimum atomic E-state index is -0.836. The Balaban J connectivity index is 1.36. The number of ketones is 1. The first kappa shape index (κ1) is 18.7. The van der Waals surface area contributed by atoms with Crippen LogP contribution < -0.4 is 9.47 Å². The summed E-state index contributed by atoms with van der Waals surface area (Å²) in [6, 6.07) is 11.4. The predicted molar refractivity (Wildman–Crippen MR) is 98.9 cm³/mol. The third-order valence-corrected chi connectivity index (χ3v) is 4.65. The molecule has 2 amide bonds. The highest BCUT2D eigenvalue weighted by molar-refractivity contribution is 6.11. The zero-order chi connectivity index (χ0) is 20.4. The summed E-state index contributed by atoms with van der Waals surface area (Å²) in [7, 11) is 0. The molecule has 0 spiro atoms. The summed E-state index contributed by atoms with van der Waals surface area (Å²) in [5.41, 5.74) is 1.31. The standard InChI is InChI=1S/C21H17NO7/c23-16(14-5-6-17-18(9-14)28-8-7-27-17)12-29-20(25)11-22-19(24)10-13-3-1-2-4-15(13)21(22)26/h1-6,9H,7-8,10-12H2. The van der Waals surface area contributed by atoms with E-state index in [2.05, 4.69) is 0 Å². The molecule has 0 unspecified atom stereocenters. The van der Waals surface area contributed by atoms with Gasteiger partial charge in [-0.05, 0) is 29.8 Å². The molecular weight excluding hydrogens is 378 g/mol. The van der Waals surface area contributed by atoms with Crippen LogP contribution in [0, 0.1) is 0 Å². The van der Waals surface area contributed by atoms with Crippen LogP contribution in [0.4, 0.5) is 0 Å². The molecule has 0 saturated carbocycles. The highest BCUT2D eigenvalue weighted by Gasteiger charge is 2.32. The number of Topliss-reactive ketones (excluding diaryl/α,β-unsaturated/α-hetero) is 1. The molecule has 0 atom stereocenters. The van der Waals surface area contributed by atoms with Gasteiger partial charge in [-0.3, -0.25) is 24.1 Å². The Labute approximate surface area is 166 Å². The van der Waals surface area contributed by atoms with Crippen molar-refractivity contribution in [2.24, 2.45) is 0 Å². The summed E-state index contributed by atoms with van der Waals surface area (Å²) < 4.78 is 15.8. The van der Waals surface area contributed by atoms with Gasteiger partial charge >= 0.3 is 5.97 Å². The first-order valence-corrected chi connectivity index (χ1v) is 9.04. The minimum Gasteiger partial charge on any atom is -0.486 e. The van der Waals surface area contributed by atoms with Crippen LogP contribution >= 0.6 is 0 Å². The van der Waals surface area contributed by atoms with Gasteiger partial charge in [0, 0.05) is 11.1 Å². The van der Waals surface area contributed by atoms with Crippen molar-refractivity contribution in [2.75, 3.05) is 26.4 Å². The molecular formula is C21H17NO7. The van der Waals surface area contributed by atoms with Crippen LogP contribution in [0.2, 0.25) is 0 Å². The number of esters is 1. The van der Waals surface area contributed by atoms with E-state index < -0.39 is 36.7 Å². The average molecular weight is 395 g/mol. The number of imide groups is 1. The lowest BCUT2D eigenvalue weighted by atomic mass is 9.98. The summed E-state index contributed by atoms with van der Waals surface area (Å²) in [6.45, 7) is -0.220. The molecule has 2 aromatic carbocycles. The zero-order valence-corrected chi connectivity index (χ0v) is 15.4. The lowest BCUT2D eigenvalue weighted by Crippen LogP contribution is -2.45. The molecule has 2 aromatic rings. The van der Waals surface area contributed by atoms with E-state index in [0.717, 1.165) is 4.90 Å². The first-order chi connectivity index (χ1) is 14.0. The maximum atomic E-state index is 12.5. The molecule has 8 heteroatoms. The van der Waals surface area contributed by atoms with E-state index in [9.17, 15) is 19.2 Å². The van der Waals surface area contributed by atoms with Gasteiger partial charge in [0.2, 0.25) is 5.91 Å². The summed E-state index contributed by atoms with van der Waals surface area (Å²) in [5, 5.41) is 0. The number of rotatable bonds is 5. The molecule has 2 heterocycles. The Bertz CT molecular complexity index is 1010. The number of carbonyl (C=O) groups is 4. The lowest BCUT2D eigenvalue weighted by Gasteiger charge is -2.25. The van der Waals surface area contributed by atoms with Gasteiger partial charge in [-0.25, -0.2) is 0 Å². The number of nitrogens with zero attached hydrogens (tertiary/aromatic N) is 1. The zero-order valence-electron chi connectivity index (χ0n) is 15.4. The monoisotopic (exact) mass is 395 g/mol. The molecule has 4 rings (SSSR count). The highest BCUT2D eigenvalue weighted by Crippen LogP contribution is 2.30. The van der Waals surface area contributed by atoms with E-state index in [1.165, 1.54) is 6.07 Å². The van der Waals surface area contributed by atoms with Gasteiger partial charge in [-0.15, -0.1) is 0 Å². The normalized spacial score (nSPS) is 15.0. The van der Waals surface area contributed by atoms with Crippen LogP contribution in [-0.2, 0) is 20.7 Å². The molecule has 0 radical (unpaired) electrons. The third-order valence-electron chi connectivity index (χ3n) is 4.65. The Morgan fingerprint density at radius 3 is 2.59 bits per heavy atom. The molecule has 8 nitrogen and oxygen atoms in total. The quantitative estimate of drug-likeness (QED) is 0.429. The molecule has 2 aliphatic heterocycles. The molecule has 2 aliphatic rings. The van der Waals surface area contributed by atoms with Gasteiger partial charge in [0.25, 0.3) is 5.91 Å². The number of amides is 2.